The van der Waals surface area contributed by atoms with Crippen LogP contribution in [0.4, 0.5) is 0 Å². The summed E-state index contributed by atoms with van der Waals surface area (Å²) in [5.74, 6) is -0.212. The van der Waals surface area contributed by atoms with Crippen molar-refractivity contribution in [2.45, 2.75) is 209 Å². The molecule has 1 saturated carbocycles. The topological polar surface area (TPSA) is 286 Å². The van der Waals surface area contributed by atoms with E-state index >= 15 is 0 Å². The van der Waals surface area contributed by atoms with E-state index in [2.05, 4.69) is 12.2 Å². The molecule has 16 heteroatoms. The van der Waals surface area contributed by atoms with Gasteiger partial charge in [0.25, 0.3) is 0 Å². The van der Waals surface area contributed by atoms with Crippen molar-refractivity contribution in [3.63, 3.8) is 0 Å². The first kappa shape index (κ1) is 48.1. The van der Waals surface area contributed by atoms with E-state index in [0.29, 0.717) is 6.42 Å². The SMILES string of the molecule is CCCCCCCCCCCCCCCCCC(=O)NCC(OC(OC1C(N)C[C@H](N)C(OC2OC(CO)C(O)C(N)C2O)C1O)[C@@H](O)CO)[C@H](C)O. The third kappa shape index (κ3) is 16.9. The summed E-state index contributed by atoms with van der Waals surface area (Å²) >= 11 is 0. The summed E-state index contributed by atoms with van der Waals surface area (Å²) < 4.78 is 23.1. The van der Waals surface area contributed by atoms with Crippen LogP contribution in [0, 0.1) is 0 Å². The Hall–Kier alpha value is -1.09. The van der Waals surface area contributed by atoms with E-state index in [0.717, 1.165) is 25.7 Å². The van der Waals surface area contributed by atoms with Gasteiger partial charge in [-0.1, -0.05) is 96.8 Å². The first-order chi connectivity index (χ1) is 25.4. The van der Waals surface area contributed by atoms with Crippen LogP contribution < -0.4 is 22.5 Å². The fourth-order valence-corrected chi connectivity index (χ4v) is 6.94. The van der Waals surface area contributed by atoms with Gasteiger partial charge in [0.1, 0.15) is 48.8 Å². The molecule has 16 nitrogen and oxygen atoms in total. The number of carbonyl (C=O) groups excluding carboxylic acids is 1. The van der Waals surface area contributed by atoms with Crippen molar-refractivity contribution in [2.24, 2.45) is 17.2 Å². The molecular weight excluding hydrogens is 692 g/mol. The molecular formula is C37H74N4O12. The van der Waals surface area contributed by atoms with Crippen LogP contribution in [0.1, 0.15) is 123 Å². The van der Waals surface area contributed by atoms with E-state index in [1.807, 2.05) is 0 Å². The number of amides is 1. The van der Waals surface area contributed by atoms with Crippen LogP contribution in [0.5, 0.6) is 0 Å². The van der Waals surface area contributed by atoms with E-state index in [1.165, 1.54) is 77.6 Å². The normalized spacial score (nSPS) is 31.5. The maximum absolute atomic E-state index is 12.6. The fourth-order valence-electron chi connectivity index (χ4n) is 6.94. The smallest absolute Gasteiger partial charge is 0.220 e. The van der Waals surface area contributed by atoms with Gasteiger partial charge in [0, 0.05) is 25.0 Å². The molecule has 314 valence electrons. The zero-order valence-corrected chi connectivity index (χ0v) is 32.1. The van der Waals surface area contributed by atoms with Crippen LogP contribution in [0.25, 0.3) is 0 Å². The van der Waals surface area contributed by atoms with Gasteiger partial charge >= 0.3 is 0 Å². The Morgan fingerprint density at radius 3 is 1.83 bits per heavy atom. The number of hydrogen-bond acceptors (Lipinski definition) is 15. The van der Waals surface area contributed by atoms with Gasteiger partial charge in [-0.25, -0.2) is 0 Å². The molecule has 1 saturated heterocycles. The summed E-state index contributed by atoms with van der Waals surface area (Å²) in [5, 5.41) is 75.1. The lowest BCUT2D eigenvalue weighted by Crippen LogP contribution is -2.67. The molecule has 14 N–H and O–H groups in total. The number of aliphatic hydroxyl groups is 7. The molecule has 0 aromatic rings. The second-order valence-corrected chi connectivity index (χ2v) is 15.1. The molecule has 11 unspecified atom stereocenters. The second-order valence-electron chi connectivity index (χ2n) is 15.1. The van der Waals surface area contributed by atoms with Crippen molar-refractivity contribution in [2.75, 3.05) is 19.8 Å². The summed E-state index contributed by atoms with van der Waals surface area (Å²) in [6.07, 6.45) is 3.69. The number of nitrogens with one attached hydrogen (secondary N) is 1. The van der Waals surface area contributed by atoms with Gasteiger partial charge in [0.05, 0.1) is 25.4 Å². The zero-order valence-electron chi connectivity index (χ0n) is 32.1. The third-order valence-electron chi connectivity index (χ3n) is 10.4. The monoisotopic (exact) mass is 767 g/mol. The van der Waals surface area contributed by atoms with Gasteiger partial charge in [-0.05, 0) is 19.8 Å². The Balaban J connectivity index is 1.80. The van der Waals surface area contributed by atoms with E-state index < -0.39 is 98.9 Å². The highest BCUT2D eigenvalue weighted by Crippen LogP contribution is 2.30. The maximum atomic E-state index is 12.6. The summed E-state index contributed by atoms with van der Waals surface area (Å²) in [5.41, 5.74) is 18.4. The predicted octanol–water partition coefficient (Wildman–Crippen LogP) is -0.235. The Labute approximate surface area is 316 Å². The summed E-state index contributed by atoms with van der Waals surface area (Å²) in [6, 6.07) is -3.00. The molecule has 1 aliphatic heterocycles. The lowest BCUT2D eigenvalue weighted by Gasteiger charge is -2.47. The van der Waals surface area contributed by atoms with E-state index in [4.69, 9.17) is 36.1 Å². The quantitative estimate of drug-likeness (QED) is 0.0362. The second kappa shape index (κ2) is 26.7. The van der Waals surface area contributed by atoms with Gasteiger partial charge in [-0.15, -0.1) is 0 Å². The molecule has 2 aliphatic rings. The minimum absolute atomic E-state index is 0.0461. The molecule has 0 aromatic carbocycles. The number of ether oxygens (including phenoxy) is 4. The molecule has 1 heterocycles. The molecule has 0 radical (unpaired) electrons. The van der Waals surface area contributed by atoms with Gasteiger partial charge in [-0.2, -0.15) is 0 Å². The first-order valence-electron chi connectivity index (χ1n) is 20.1. The molecule has 0 aromatic heterocycles. The fraction of sp³-hybridized carbons (Fsp3) is 0.973. The Morgan fingerprint density at radius 1 is 0.792 bits per heavy atom. The summed E-state index contributed by atoms with van der Waals surface area (Å²) in [4.78, 5) is 12.6. The summed E-state index contributed by atoms with van der Waals surface area (Å²) in [7, 11) is 0. The number of carbonyl (C=O) groups is 1. The number of unbranched alkanes of at least 4 members (excludes halogenated alkanes) is 14. The lowest BCUT2D eigenvalue weighted by atomic mass is 9.84. The zero-order chi connectivity index (χ0) is 39.3. The van der Waals surface area contributed by atoms with Gasteiger partial charge < -0.3 is 77.2 Å². The highest BCUT2D eigenvalue weighted by Gasteiger charge is 2.49. The average Bonchev–Trinajstić information content (AvgIpc) is 3.13. The standard InChI is InChI=1S/C37H74N4O12/c1-3-4-5-6-7-8-9-10-11-12-13-14-15-16-17-18-29(46)41-20-27(23(2)44)50-36(26(45)21-42)52-34-24(38)19-25(39)35(33(34)49)53-37-32(48)30(40)31(47)28(22-43)51-37/h23-28,30-37,42-45,47-49H,3-22,38-40H2,1-2H3,(H,41,46)/t23-,24?,25-,26-,27?,28?,30?,31?,32?,33?,34?,35?,36?,37?/m0/s1. The molecule has 14 atom stereocenters. The van der Waals surface area contributed by atoms with Crippen LogP contribution in [0.15, 0.2) is 0 Å². The molecule has 1 aliphatic carbocycles. The van der Waals surface area contributed by atoms with Gasteiger partial charge in [0.15, 0.2) is 12.6 Å². The molecule has 0 bridgehead atoms. The van der Waals surface area contributed by atoms with Crippen LogP contribution in [0.3, 0.4) is 0 Å². The molecule has 0 spiro atoms. The van der Waals surface area contributed by atoms with Gasteiger partial charge in [0.2, 0.25) is 5.91 Å². The minimum Gasteiger partial charge on any atom is -0.394 e. The molecule has 2 rings (SSSR count). The Bertz CT molecular complexity index is 956. The average molecular weight is 767 g/mol. The Kier molecular flexibility index (Phi) is 24.2. The first-order valence-corrected chi connectivity index (χ1v) is 20.1. The van der Waals surface area contributed by atoms with Crippen LogP contribution >= 0.6 is 0 Å². The van der Waals surface area contributed by atoms with Crippen molar-refractivity contribution >= 4 is 5.91 Å². The predicted molar refractivity (Wildman–Crippen MR) is 198 cm³/mol. The van der Waals surface area contributed by atoms with Gasteiger partial charge in [-0.3, -0.25) is 4.79 Å². The van der Waals surface area contributed by atoms with E-state index in [-0.39, 0.29) is 18.9 Å². The van der Waals surface area contributed by atoms with E-state index in [1.54, 1.807) is 0 Å². The molecule has 2 fully saturated rings. The number of rotatable bonds is 28. The van der Waals surface area contributed by atoms with Crippen LogP contribution in [0.2, 0.25) is 0 Å². The highest BCUT2D eigenvalue weighted by molar-refractivity contribution is 5.75. The van der Waals surface area contributed by atoms with Crippen molar-refractivity contribution in [3.8, 4) is 0 Å². The van der Waals surface area contributed by atoms with E-state index in [9.17, 15) is 40.5 Å². The van der Waals surface area contributed by atoms with Crippen molar-refractivity contribution in [1.82, 2.24) is 5.32 Å². The number of nitrogens with two attached hydrogens (primary N) is 3. The molecule has 53 heavy (non-hydrogen) atoms. The Morgan fingerprint density at radius 2 is 1.32 bits per heavy atom. The molecule has 1 amide bonds. The van der Waals surface area contributed by atoms with Crippen LogP contribution in [-0.2, 0) is 23.7 Å². The van der Waals surface area contributed by atoms with Crippen molar-refractivity contribution in [1.29, 1.82) is 0 Å². The maximum Gasteiger partial charge on any atom is 0.220 e. The van der Waals surface area contributed by atoms with Crippen molar-refractivity contribution in [3.05, 3.63) is 0 Å². The number of aliphatic hydroxyl groups excluding tert-OH is 7. The largest absolute Gasteiger partial charge is 0.394 e. The minimum atomic E-state index is -1.63. The lowest BCUT2D eigenvalue weighted by molar-refractivity contribution is -0.316. The third-order valence-corrected chi connectivity index (χ3v) is 10.4. The van der Waals surface area contributed by atoms with Crippen LogP contribution in [-0.4, -0.2) is 147 Å². The number of hydrogen-bond donors (Lipinski definition) is 11. The van der Waals surface area contributed by atoms with Crippen molar-refractivity contribution < 1.29 is 59.5 Å². The highest BCUT2D eigenvalue weighted by atomic mass is 16.7. The summed E-state index contributed by atoms with van der Waals surface area (Å²) in [6.45, 7) is 2.16.